The Morgan fingerprint density at radius 1 is 1.08 bits per heavy atom. The van der Waals surface area contributed by atoms with Gasteiger partial charge in [-0.1, -0.05) is 11.6 Å². The Hall–Kier alpha value is -2.24. The smallest absolute Gasteiger partial charge is 0.230 e. The summed E-state index contributed by atoms with van der Waals surface area (Å²) in [5.74, 6) is 2.31. The first kappa shape index (κ1) is 15.0. The van der Waals surface area contributed by atoms with Gasteiger partial charge in [0.15, 0.2) is 0 Å². The van der Waals surface area contributed by atoms with Crippen LogP contribution in [0, 0.1) is 5.92 Å². The monoisotopic (exact) mass is 338 g/mol. The Morgan fingerprint density at radius 3 is 2.44 bits per heavy atom. The van der Waals surface area contributed by atoms with Crippen molar-refractivity contribution in [1.29, 1.82) is 0 Å². The molecule has 1 aliphatic carbocycles. The lowest BCUT2D eigenvalue weighted by molar-refractivity contribution is -0.143. The number of pyridine rings is 1. The van der Waals surface area contributed by atoms with Gasteiger partial charge in [0.2, 0.25) is 17.6 Å². The Labute approximate surface area is 146 Å². The molecule has 1 saturated carbocycles. The Balaban J connectivity index is 1.33. The minimum Gasteiger partial charge on any atom is -0.339 e. The molecule has 2 aromatic rings. The number of amides is 1. The van der Waals surface area contributed by atoms with Gasteiger partial charge in [0.05, 0.1) is 0 Å². The summed E-state index contributed by atoms with van der Waals surface area (Å²) in [7, 11) is 0. The molecule has 2 aromatic heterocycles. The molecule has 3 fully saturated rings. The summed E-state index contributed by atoms with van der Waals surface area (Å²) < 4.78 is 5.57. The van der Waals surface area contributed by atoms with Gasteiger partial charge >= 0.3 is 0 Å². The van der Waals surface area contributed by atoms with Crippen LogP contribution in [0.4, 0.5) is 0 Å². The lowest BCUT2D eigenvalue weighted by Gasteiger charge is -2.41. The third kappa shape index (κ3) is 2.55. The van der Waals surface area contributed by atoms with Crippen LogP contribution in [-0.2, 0) is 4.79 Å². The minimum absolute atomic E-state index is 0.269. The van der Waals surface area contributed by atoms with Crippen LogP contribution in [0.15, 0.2) is 29.0 Å². The highest BCUT2D eigenvalue weighted by Gasteiger charge is 2.47. The second-order valence-corrected chi connectivity index (χ2v) is 7.62. The van der Waals surface area contributed by atoms with Crippen molar-refractivity contribution in [1.82, 2.24) is 20.0 Å². The van der Waals surface area contributed by atoms with E-state index in [1.165, 1.54) is 6.42 Å². The highest BCUT2D eigenvalue weighted by Crippen LogP contribution is 2.44. The van der Waals surface area contributed by atoms with E-state index in [4.69, 9.17) is 4.52 Å². The number of hydrogen-bond donors (Lipinski definition) is 0. The number of carbonyl (C=O) groups excluding carboxylic acids is 1. The third-order valence-electron chi connectivity index (χ3n) is 6.17. The number of piperidine rings is 1. The van der Waals surface area contributed by atoms with Crippen molar-refractivity contribution in [2.75, 3.05) is 0 Å². The number of nitrogens with zero attached hydrogens (tertiary/aromatic N) is 4. The molecular formula is C19H22N4O2. The van der Waals surface area contributed by atoms with Crippen LogP contribution >= 0.6 is 0 Å². The molecule has 0 aromatic carbocycles. The van der Waals surface area contributed by atoms with Gasteiger partial charge < -0.3 is 9.42 Å². The second-order valence-electron chi connectivity index (χ2n) is 7.62. The molecular weight excluding hydrogens is 316 g/mol. The number of carbonyl (C=O) groups is 1. The van der Waals surface area contributed by atoms with Gasteiger partial charge in [-0.15, -0.1) is 0 Å². The topological polar surface area (TPSA) is 72.1 Å². The zero-order valence-corrected chi connectivity index (χ0v) is 14.2. The summed E-state index contributed by atoms with van der Waals surface area (Å²) >= 11 is 0. The van der Waals surface area contributed by atoms with E-state index in [9.17, 15) is 4.79 Å². The molecule has 0 spiro atoms. The van der Waals surface area contributed by atoms with Crippen molar-refractivity contribution in [3.63, 3.8) is 0 Å². The molecule has 0 N–H and O–H groups in total. The molecule has 2 aliphatic heterocycles. The molecule has 2 bridgehead atoms. The normalized spacial score (nSPS) is 28.8. The van der Waals surface area contributed by atoms with E-state index in [2.05, 4.69) is 20.0 Å². The summed E-state index contributed by atoms with van der Waals surface area (Å²) in [6, 6.07) is 4.48. The van der Waals surface area contributed by atoms with Crippen molar-refractivity contribution < 1.29 is 9.32 Å². The SMILES string of the molecule is O=C(C1CCC1)N1C2CCC1CC(c1nc(-c3ccncc3)no1)C2. The zero-order chi connectivity index (χ0) is 16.8. The van der Waals surface area contributed by atoms with E-state index in [0.717, 1.165) is 50.0 Å². The van der Waals surface area contributed by atoms with Crippen LogP contribution in [0.2, 0.25) is 0 Å². The molecule has 6 heteroatoms. The quantitative estimate of drug-likeness (QED) is 0.859. The van der Waals surface area contributed by atoms with Gasteiger partial charge in [-0.05, 0) is 50.7 Å². The average Bonchev–Trinajstić information content (AvgIpc) is 3.17. The molecule has 6 nitrogen and oxygen atoms in total. The Kier molecular flexibility index (Phi) is 3.57. The van der Waals surface area contributed by atoms with E-state index < -0.39 is 0 Å². The summed E-state index contributed by atoms with van der Waals surface area (Å²) in [5, 5.41) is 4.14. The minimum atomic E-state index is 0.269. The largest absolute Gasteiger partial charge is 0.339 e. The molecule has 2 unspecified atom stereocenters. The van der Waals surface area contributed by atoms with Gasteiger partial charge in [-0.3, -0.25) is 9.78 Å². The Morgan fingerprint density at radius 2 is 1.80 bits per heavy atom. The highest BCUT2D eigenvalue weighted by molar-refractivity contribution is 5.80. The van der Waals surface area contributed by atoms with E-state index in [0.29, 0.717) is 29.7 Å². The Bertz CT molecular complexity index is 757. The fourth-order valence-electron chi connectivity index (χ4n) is 4.62. The van der Waals surface area contributed by atoms with E-state index >= 15 is 0 Å². The fraction of sp³-hybridized carbons (Fsp3) is 0.579. The summed E-state index contributed by atoms with van der Waals surface area (Å²) in [5.41, 5.74) is 0.922. The third-order valence-corrected chi connectivity index (χ3v) is 6.17. The maximum atomic E-state index is 12.7. The second kappa shape index (κ2) is 5.93. The first-order chi connectivity index (χ1) is 12.3. The maximum Gasteiger partial charge on any atom is 0.230 e. The highest BCUT2D eigenvalue weighted by atomic mass is 16.5. The average molecular weight is 338 g/mol. The molecule has 0 radical (unpaired) electrons. The van der Waals surface area contributed by atoms with Crippen molar-refractivity contribution in [3.05, 3.63) is 30.4 Å². The fourth-order valence-corrected chi connectivity index (χ4v) is 4.62. The van der Waals surface area contributed by atoms with Crippen molar-refractivity contribution in [2.24, 2.45) is 5.92 Å². The van der Waals surface area contributed by atoms with Gasteiger partial charge in [0.25, 0.3) is 0 Å². The number of aromatic nitrogens is 3. The summed E-state index contributed by atoms with van der Waals surface area (Å²) in [6.07, 6.45) is 11.0. The molecule has 3 aliphatic rings. The van der Waals surface area contributed by atoms with E-state index in [1.807, 2.05) is 12.1 Å². The molecule has 130 valence electrons. The van der Waals surface area contributed by atoms with E-state index in [-0.39, 0.29) is 5.92 Å². The van der Waals surface area contributed by atoms with Crippen molar-refractivity contribution >= 4 is 5.91 Å². The van der Waals surface area contributed by atoms with Crippen LogP contribution in [0.5, 0.6) is 0 Å². The van der Waals surface area contributed by atoms with E-state index in [1.54, 1.807) is 12.4 Å². The van der Waals surface area contributed by atoms with Gasteiger partial charge in [0, 0.05) is 41.9 Å². The summed E-state index contributed by atoms with van der Waals surface area (Å²) in [6.45, 7) is 0. The molecule has 1 amide bonds. The zero-order valence-electron chi connectivity index (χ0n) is 14.2. The van der Waals surface area contributed by atoms with Crippen LogP contribution in [0.3, 0.4) is 0 Å². The molecule has 4 heterocycles. The summed E-state index contributed by atoms with van der Waals surface area (Å²) in [4.78, 5) is 23.6. The first-order valence-electron chi connectivity index (χ1n) is 9.36. The molecule has 2 atom stereocenters. The standard InChI is InChI=1S/C19H22N4O2/c24-19(13-2-1-3-13)23-15-4-5-16(23)11-14(10-15)18-21-17(22-25-18)12-6-8-20-9-7-12/h6-9,13-16H,1-5,10-11H2. The van der Waals surface area contributed by atoms with Crippen LogP contribution in [0.1, 0.15) is 56.8 Å². The van der Waals surface area contributed by atoms with Crippen LogP contribution in [-0.4, -0.2) is 38.0 Å². The molecule has 2 saturated heterocycles. The lowest BCUT2D eigenvalue weighted by Crippen LogP contribution is -2.49. The van der Waals surface area contributed by atoms with Crippen LogP contribution in [0.25, 0.3) is 11.4 Å². The van der Waals surface area contributed by atoms with Gasteiger partial charge in [0.1, 0.15) is 0 Å². The number of hydrogen-bond acceptors (Lipinski definition) is 5. The van der Waals surface area contributed by atoms with Gasteiger partial charge in [-0.25, -0.2) is 0 Å². The predicted molar refractivity (Wildman–Crippen MR) is 90.5 cm³/mol. The van der Waals surface area contributed by atoms with Crippen molar-refractivity contribution in [2.45, 2.75) is 62.9 Å². The maximum absolute atomic E-state index is 12.7. The number of fused-ring (bicyclic) bond motifs is 2. The number of rotatable bonds is 3. The van der Waals surface area contributed by atoms with Crippen LogP contribution < -0.4 is 0 Å². The molecule has 5 rings (SSSR count). The molecule has 25 heavy (non-hydrogen) atoms. The van der Waals surface area contributed by atoms with Crippen molar-refractivity contribution in [3.8, 4) is 11.4 Å². The predicted octanol–water partition coefficient (Wildman–Crippen LogP) is 3.17. The first-order valence-corrected chi connectivity index (χ1v) is 9.36. The van der Waals surface area contributed by atoms with Gasteiger partial charge in [-0.2, -0.15) is 4.98 Å². The lowest BCUT2D eigenvalue weighted by atomic mass is 9.82.